The molecular formula is C22H25NO2. The maximum Gasteiger partial charge on any atom is 0.143 e. The van der Waals surface area contributed by atoms with E-state index in [0.717, 1.165) is 17.0 Å². The van der Waals surface area contributed by atoms with E-state index in [1.54, 1.807) is 12.1 Å². The molecule has 25 heavy (non-hydrogen) atoms. The van der Waals surface area contributed by atoms with E-state index in [9.17, 15) is 5.26 Å². The molecule has 3 heteroatoms. The molecule has 2 aromatic carbocycles. The number of nitrogens with zero attached hydrogens (tertiary/aromatic N) is 1. The molecule has 0 heterocycles. The molecule has 0 radical (unpaired) electrons. The zero-order chi connectivity index (χ0) is 17.6. The number of hydrogen-bond acceptors (Lipinski definition) is 3. The average Bonchev–Trinajstić information content (AvgIpc) is 2.70. The summed E-state index contributed by atoms with van der Waals surface area (Å²) in [5, 5.41) is 18.3. The highest BCUT2D eigenvalue weighted by atomic mass is 17.1. The van der Waals surface area contributed by atoms with Crippen molar-refractivity contribution in [3.05, 3.63) is 70.8 Å². The lowest BCUT2D eigenvalue weighted by Crippen LogP contribution is -2.12. The van der Waals surface area contributed by atoms with Gasteiger partial charge < -0.3 is 0 Å². The van der Waals surface area contributed by atoms with Gasteiger partial charge in [-0.25, -0.2) is 4.89 Å². The molecule has 130 valence electrons. The van der Waals surface area contributed by atoms with Gasteiger partial charge in [0.15, 0.2) is 0 Å². The summed E-state index contributed by atoms with van der Waals surface area (Å²) in [6, 6.07) is 17.6. The first-order chi connectivity index (χ1) is 12.2. The van der Waals surface area contributed by atoms with Crippen molar-refractivity contribution in [2.75, 3.05) is 0 Å². The first-order valence-electron chi connectivity index (χ1n) is 9.15. The Morgan fingerprint density at radius 2 is 1.56 bits per heavy atom. The number of hydrogen-bond donors (Lipinski definition) is 1. The normalized spacial score (nSPS) is 21.5. The van der Waals surface area contributed by atoms with Gasteiger partial charge in [-0.2, -0.15) is 5.26 Å². The van der Waals surface area contributed by atoms with Crippen molar-refractivity contribution in [2.24, 2.45) is 5.92 Å². The predicted molar refractivity (Wildman–Crippen MR) is 98.1 cm³/mol. The van der Waals surface area contributed by atoms with Gasteiger partial charge in [0.2, 0.25) is 0 Å². The molecular weight excluding hydrogens is 310 g/mol. The van der Waals surface area contributed by atoms with Gasteiger partial charge in [-0.1, -0.05) is 49.7 Å². The van der Waals surface area contributed by atoms with Crippen LogP contribution in [0.2, 0.25) is 0 Å². The Labute approximate surface area is 149 Å². The maximum absolute atomic E-state index is 9.37. The molecule has 1 aliphatic carbocycles. The largest absolute Gasteiger partial charge is 0.251 e. The molecule has 3 nitrogen and oxygen atoms in total. The van der Waals surface area contributed by atoms with Crippen LogP contribution in [-0.2, 0) is 4.89 Å². The Hall–Kier alpha value is -2.15. The number of rotatable bonds is 5. The van der Waals surface area contributed by atoms with Crippen molar-refractivity contribution in [3.63, 3.8) is 0 Å². The van der Waals surface area contributed by atoms with Crippen molar-refractivity contribution in [2.45, 2.75) is 51.0 Å². The van der Waals surface area contributed by atoms with Gasteiger partial charge in [0.25, 0.3) is 0 Å². The maximum atomic E-state index is 9.37. The van der Waals surface area contributed by atoms with Gasteiger partial charge in [-0.15, -0.1) is 0 Å². The van der Waals surface area contributed by atoms with Crippen molar-refractivity contribution in [1.29, 1.82) is 5.26 Å². The van der Waals surface area contributed by atoms with Crippen molar-refractivity contribution < 1.29 is 10.1 Å². The van der Waals surface area contributed by atoms with Gasteiger partial charge in [0, 0.05) is 0 Å². The van der Waals surface area contributed by atoms with Crippen molar-refractivity contribution in [3.8, 4) is 6.07 Å². The fourth-order valence-corrected chi connectivity index (χ4v) is 3.89. The Morgan fingerprint density at radius 3 is 2.04 bits per heavy atom. The highest BCUT2D eigenvalue weighted by Crippen LogP contribution is 2.37. The van der Waals surface area contributed by atoms with Crippen LogP contribution in [0.3, 0.4) is 0 Å². The van der Waals surface area contributed by atoms with Crippen LogP contribution in [0.25, 0.3) is 0 Å². The average molecular weight is 335 g/mol. The zero-order valence-electron chi connectivity index (χ0n) is 14.7. The third kappa shape index (κ3) is 4.10. The molecule has 1 unspecified atom stereocenters. The molecule has 0 amide bonds. The van der Waals surface area contributed by atoms with E-state index in [1.807, 2.05) is 24.3 Å². The minimum atomic E-state index is -0.530. The van der Waals surface area contributed by atoms with Crippen molar-refractivity contribution >= 4 is 0 Å². The topological polar surface area (TPSA) is 53.2 Å². The van der Waals surface area contributed by atoms with E-state index < -0.39 is 6.10 Å². The summed E-state index contributed by atoms with van der Waals surface area (Å²) >= 11 is 0. The van der Waals surface area contributed by atoms with Crippen LogP contribution in [0, 0.1) is 17.2 Å². The quantitative estimate of drug-likeness (QED) is 0.553. The minimum Gasteiger partial charge on any atom is -0.251 e. The molecule has 0 aliphatic heterocycles. The van der Waals surface area contributed by atoms with Gasteiger partial charge in [0.1, 0.15) is 6.10 Å². The lowest BCUT2D eigenvalue weighted by molar-refractivity contribution is -0.270. The summed E-state index contributed by atoms with van der Waals surface area (Å²) < 4.78 is 0. The van der Waals surface area contributed by atoms with Crippen molar-refractivity contribution in [1.82, 2.24) is 0 Å². The first kappa shape index (κ1) is 17.7. The summed E-state index contributed by atoms with van der Waals surface area (Å²) in [6.45, 7) is 2.29. The number of benzene rings is 2. The van der Waals surface area contributed by atoms with Gasteiger partial charge in [-0.3, -0.25) is 5.26 Å². The summed E-state index contributed by atoms with van der Waals surface area (Å²) in [5.41, 5.74) is 3.73. The molecule has 1 saturated carbocycles. The third-order valence-corrected chi connectivity index (χ3v) is 5.58. The van der Waals surface area contributed by atoms with Crippen LogP contribution in [0.15, 0.2) is 48.5 Å². The predicted octanol–water partition coefficient (Wildman–Crippen LogP) is 5.82. The lowest BCUT2D eigenvalue weighted by Gasteiger charge is -2.28. The van der Waals surface area contributed by atoms with E-state index in [2.05, 4.69) is 25.1 Å². The Morgan fingerprint density at radius 1 is 1.00 bits per heavy atom. The van der Waals surface area contributed by atoms with E-state index in [1.165, 1.54) is 37.7 Å². The molecule has 1 atom stereocenters. The van der Waals surface area contributed by atoms with Gasteiger partial charge in [0.05, 0.1) is 11.6 Å². The SMILES string of the molecule is CCC1CCC(c2ccc(C(OO)c3ccc(C#N)cc3)cc2)CC1. The van der Waals surface area contributed by atoms with E-state index in [-0.39, 0.29) is 0 Å². The fourth-order valence-electron chi connectivity index (χ4n) is 3.89. The summed E-state index contributed by atoms with van der Waals surface area (Å²) in [4.78, 5) is 4.73. The molecule has 1 fully saturated rings. The molecule has 2 aromatic rings. The molecule has 1 aliphatic rings. The van der Waals surface area contributed by atoms with E-state index in [4.69, 9.17) is 10.1 Å². The molecule has 0 bridgehead atoms. The van der Waals surface area contributed by atoms with Crippen LogP contribution in [0.1, 0.15) is 73.3 Å². The van der Waals surface area contributed by atoms with Gasteiger partial charge >= 0.3 is 0 Å². The monoisotopic (exact) mass is 335 g/mol. The molecule has 3 rings (SSSR count). The molecule has 0 saturated heterocycles. The highest BCUT2D eigenvalue weighted by Gasteiger charge is 2.22. The Bertz CT molecular complexity index is 707. The molecule has 0 aromatic heterocycles. The van der Waals surface area contributed by atoms with Crippen LogP contribution >= 0.6 is 0 Å². The third-order valence-electron chi connectivity index (χ3n) is 5.58. The summed E-state index contributed by atoms with van der Waals surface area (Å²) in [6.07, 6.45) is 5.97. The minimum absolute atomic E-state index is 0.530. The second kappa shape index (κ2) is 8.29. The summed E-state index contributed by atoms with van der Waals surface area (Å²) in [5.74, 6) is 1.55. The van der Waals surface area contributed by atoms with Crippen LogP contribution in [0.5, 0.6) is 0 Å². The highest BCUT2D eigenvalue weighted by molar-refractivity contribution is 5.37. The summed E-state index contributed by atoms with van der Waals surface area (Å²) in [7, 11) is 0. The van der Waals surface area contributed by atoms with Crippen LogP contribution < -0.4 is 0 Å². The molecule has 0 spiro atoms. The van der Waals surface area contributed by atoms with Crippen LogP contribution in [-0.4, -0.2) is 5.26 Å². The second-order valence-corrected chi connectivity index (χ2v) is 7.01. The van der Waals surface area contributed by atoms with Crippen LogP contribution in [0.4, 0.5) is 0 Å². The van der Waals surface area contributed by atoms with E-state index in [0.29, 0.717) is 11.5 Å². The number of nitriles is 1. The Kier molecular flexibility index (Phi) is 5.86. The molecule has 1 N–H and O–H groups in total. The fraction of sp³-hybridized carbons (Fsp3) is 0.409. The first-order valence-corrected chi connectivity index (χ1v) is 9.15. The standard InChI is InChI=1S/C22H25NO2/c1-2-16-3-7-18(8-4-16)19-11-13-21(14-12-19)22(25-24)20-9-5-17(15-23)6-10-20/h5-6,9-14,16,18,22,24H,2-4,7-8H2,1H3. The zero-order valence-corrected chi connectivity index (χ0v) is 14.7. The second-order valence-electron chi connectivity index (χ2n) is 7.01. The smallest absolute Gasteiger partial charge is 0.143 e. The lowest BCUT2D eigenvalue weighted by atomic mass is 9.77. The van der Waals surface area contributed by atoms with Gasteiger partial charge in [-0.05, 0) is 66.3 Å². The van der Waals surface area contributed by atoms with E-state index >= 15 is 0 Å². The Balaban J connectivity index is 1.73.